The first-order valence-electron chi connectivity index (χ1n) is 5.46. The lowest BCUT2D eigenvalue weighted by Gasteiger charge is -2.11. The molecule has 1 aliphatic rings. The third-order valence-corrected chi connectivity index (χ3v) is 2.85. The zero-order valence-electron chi connectivity index (χ0n) is 9.42. The van der Waals surface area contributed by atoms with Crippen molar-refractivity contribution in [2.24, 2.45) is 7.05 Å². The van der Waals surface area contributed by atoms with Gasteiger partial charge in [0.2, 0.25) is 6.29 Å². The second kappa shape index (κ2) is 3.94. The maximum absolute atomic E-state index is 12.1. The van der Waals surface area contributed by atoms with E-state index in [-0.39, 0.29) is 5.56 Å². The van der Waals surface area contributed by atoms with Gasteiger partial charge in [-0.1, -0.05) is 12.1 Å². The molecule has 1 saturated heterocycles. The topological polar surface area (TPSA) is 53.4 Å². The van der Waals surface area contributed by atoms with E-state index < -0.39 is 6.29 Å². The summed E-state index contributed by atoms with van der Waals surface area (Å²) in [5, 5.41) is 0. The summed E-state index contributed by atoms with van der Waals surface area (Å²) < 4.78 is 12.2. The Balaban J connectivity index is 2.25. The van der Waals surface area contributed by atoms with Gasteiger partial charge in [0.25, 0.3) is 5.56 Å². The Kier molecular flexibility index (Phi) is 2.42. The van der Waals surface area contributed by atoms with Crippen molar-refractivity contribution < 1.29 is 9.47 Å². The molecular weight excluding hydrogens is 220 g/mol. The van der Waals surface area contributed by atoms with Gasteiger partial charge < -0.3 is 14.0 Å². The maximum atomic E-state index is 12.1. The molecule has 0 saturated carbocycles. The average molecular weight is 232 g/mol. The zero-order valence-corrected chi connectivity index (χ0v) is 9.42. The highest BCUT2D eigenvalue weighted by atomic mass is 16.7. The number of aryl methyl sites for hydroxylation is 1. The molecule has 0 bridgehead atoms. The minimum absolute atomic E-state index is 0.171. The minimum atomic E-state index is -0.627. The first-order valence-corrected chi connectivity index (χ1v) is 5.46. The molecule has 0 unspecified atom stereocenters. The van der Waals surface area contributed by atoms with E-state index in [0.717, 1.165) is 11.0 Å². The van der Waals surface area contributed by atoms with Gasteiger partial charge in [-0.2, -0.15) is 0 Å². The van der Waals surface area contributed by atoms with Crippen LogP contribution in [0.4, 0.5) is 0 Å². The minimum Gasteiger partial charge on any atom is -0.344 e. The van der Waals surface area contributed by atoms with Gasteiger partial charge in [-0.25, -0.2) is 4.98 Å². The molecule has 1 aromatic heterocycles. The first-order chi connectivity index (χ1) is 8.27. The van der Waals surface area contributed by atoms with Crippen LogP contribution in [0.3, 0.4) is 0 Å². The number of aromatic nitrogens is 2. The van der Waals surface area contributed by atoms with E-state index in [9.17, 15) is 4.79 Å². The third kappa shape index (κ3) is 1.64. The molecule has 2 aromatic rings. The molecule has 0 radical (unpaired) electrons. The SMILES string of the molecule is Cn1c(=O)c(C2OCCO2)nc2ccccc21. The number of para-hydroxylation sites is 2. The summed E-state index contributed by atoms with van der Waals surface area (Å²) in [5.74, 6) is 0. The van der Waals surface area contributed by atoms with Crippen LogP contribution in [0.15, 0.2) is 29.1 Å². The van der Waals surface area contributed by atoms with Crippen molar-refractivity contribution in [1.29, 1.82) is 0 Å². The van der Waals surface area contributed by atoms with Crippen molar-refractivity contribution in [3.8, 4) is 0 Å². The van der Waals surface area contributed by atoms with Crippen LogP contribution in [-0.2, 0) is 16.5 Å². The monoisotopic (exact) mass is 232 g/mol. The second-order valence-electron chi connectivity index (χ2n) is 3.92. The van der Waals surface area contributed by atoms with Gasteiger partial charge in [0, 0.05) is 7.05 Å². The Labute approximate surface area is 97.6 Å². The van der Waals surface area contributed by atoms with Crippen molar-refractivity contribution in [3.05, 3.63) is 40.3 Å². The van der Waals surface area contributed by atoms with E-state index in [1.165, 1.54) is 0 Å². The zero-order chi connectivity index (χ0) is 11.8. The van der Waals surface area contributed by atoms with Crippen LogP contribution in [0, 0.1) is 0 Å². The van der Waals surface area contributed by atoms with E-state index in [1.807, 2.05) is 24.3 Å². The van der Waals surface area contributed by atoms with Gasteiger partial charge in [0.1, 0.15) is 0 Å². The largest absolute Gasteiger partial charge is 0.344 e. The molecule has 1 aromatic carbocycles. The number of hydrogen-bond donors (Lipinski definition) is 0. The molecule has 0 N–H and O–H groups in total. The molecule has 88 valence electrons. The van der Waals surface area contributed by atoms with E-state index in [1.54, 1.807) is 11.6 Å². The van der Waals surface area contributed by atoms with E-state index in [2.05, 4.69) is 4.98 Å². The normalized spacial score (nSPS) is 16.8. The number of rotatable bonds is 1. The molecule has 5 heteroatoms. The van der Waals surface area contributed by atoms with E-state index >= 15 is 0 Å². The van der Waals surface area contributed by atoms with Crippen molar-refractivity contribution in [1.82, 2.24) is 9.55 Å². The summed E-state index contributed by atoms with van der Waals surface area (Å²) in [7, 11) is 1.73. The summed E-state index contributed by atoms with van der Waals surface area (Å²) in [4.78, 5) is 16.4. The fourth-order valence-corrected chi connectivity index (χ4v) is 1.97. The van der Waals surface area contributed by atoms with Gasteiger partial charge in [-0.3, -0.25) is 4.79 Å². The Morgan fingerprint density at radius 3 is 2.76 bits per heavy atom. The first kappa shape index (κ1) is 10.4. The number of fused-ring (bicyclic) bond motifs is 1. The quantitative estimate of drug-likeness (QED) is 0.735. The molecule has 1 aliphatic heterocycles. The average Bonchev–Trinajstić information content (AvgIpc) is 2.87. The van der Waals surface area contributed by atoms with Crippen molar-refractivity contribution >= 4 is 11.0 Å². The maximum Gasteiger partial charge on any atom is 0.277 e. The number of benzene rings is 1. The fourth-order valence-electron chi connectivity index (χ4n) is 1.97. The van der Waals surface area contributed by atoms with Crippen LogP contribution >= 0.6 is 0 Å². The molecule has 0 aliphatic carbocycles. The molecule has 1 fully saturated rings. The highest BCUT2D eigenvalue weighted by molar-refractivity contribution is 5.74. The molecule has 5 nitrogen and oxygen atoms in total. The lowest BCUT2D eigenvalue weighted by atomic mass is 10.3. The molecule has 3 rings (SSSR count). The highest BCUT2D eigenvalue weighted by Crippen LogP contribution is 2.20. The van der Waals surface area contributed by atoms with Crippen LogP contribution in [0.25, 0.3) is 11.0 Å². The summed E-state index contributed by atoms with van der Waals surface area (Å²) >= 11 is 0. The predicted molar refractivity (Wildman–Crippen MR) is 61.6 cm³/mol. The Morgan fingerprint density at radius 1 is 1.29 bits per heavy atom. The van der Waals surface area contributed by atoms with Crippen LogP contribution < -0.4 is 5.56 Å². The van der Waals surface area contributed by atoms with Crippen molar-refractivity contribution in [2.75, 3.05) is 13.2 Å². The molecule has 0 amide bonds. The van der Waals surface area contributed by atoms with Crippen molar-refractivity contribution in [3.63, 3.8) is 0 Å². The fraction of sp³-hybridized carbons (Fsp3) is 0.333. The van der Waals surface area contributed by atoms with E-state index in [4.69, 9.17) is 9.47 Å². The van der Waals surface area contributed by atoms with Gasteiger partial charge in [-0.05, 0) is 12.1 Å². The number of hydrogen-bond acceptors (Lipinski definition) is 4. The van der Waals surface area contributed by atoms with Gasteiger partial charge >= 0.3 is 0 Å². The summed E-state index contributed by atoms with van der Waals surface area (Å²) in [6, 6.07) is 7.50. The molecular formula is C12H12N2O3. The Bertz CT molecular complexity index is 615. The highest BCUT2D eigenvalue weighted by Gasteiger charge is 2.24. The lowest BCUT2D eigenvalue weighted by Crippen LogP contribution is -2.25. The Hall–Kier alpha value is -1.72. The second-order valence-corrected chi connectivity index (χ2v) is 3.92. The van der Waals surface area contributed by atoms with Crippen LogP contribution in [0.1, 0.15) is 12.0 Å². The predicted octanol–water partition coefficient (Wildman–Crippen LogP) is 0.979. The molecule has 0 atom stereocenters. The Morgan fingerprint density at radius 2 is 2.00 bits per heavy atom. The number of nitrogens with zero attached hydrogens (tertiary/aromatic N) is 2. The van der Waals surface area contributed by atoms with Crippen molar-refractivity contribution in [2.45, 2.75) is 6.29 Å². The van der Waals surface area contributed by atoms with Gasteiger partial charge in [-0.15, -0.1) is 0 Å². The standard InChI is InChI=1S/C12H12N2O3/c1-14-9-5-3-2-4-8(9)13-10(11(14)15)12-16-6-7-17-12/h2-5,12H,6-7H2,1H3. The molecule has 17 heavy (non-hydrogen) atoms. The van der Waals surface area contributed by atoms with Crippen LogP contribution in [0.2, 0.25) is 0 Å². The summed E-state index contributed by atoms with van der Waals surface area (Å²) in [5.41, 5.74) is 1.72. The smallest absolute Gasteiger partial charge is 0.277 e. The third-order valence-electron chi connectivity index (χ3n) is 2.85. The molecule has 2 heterocycles. The van der Waals surface area contributed by atoms with Gasteiger partial charge in [0.05, 0.1) is 24.2 Å². The summed E-state index contributed by atoms with van der Waals surface area (Å²) in [6.07, 6.45) is -0.627. The van der Waals surface area contributed by atoms with Crippen LogP contribution in [0.5, 0.6) is 0 Å². The van der Waals surface area contributed by atoms with Crippen LogP contribution in [-0.4, -0.2) is 22.8 Å². The number of ether oxygens (including phenoxy) is 2. The summed E-state index contributed by atoms with van der Waals surface area (Å²) in [6.45, 7) is 1.00. The van der Waals surface area contributed by atoms with Gasteiger partial charge in [0.15, 0.2) is 5.69 Å². The van der Waals surface area contributed by atoms with E-state index in [0.29, 0.717) is 18.9 Å². The lowest BCUT2D eigenvalue weighted by molar-refractivity contribution is -0.0483. The molecule has 0 spiro atoms.